The molecule has 0 bridgehead atoms. The third-order valence-corrected chi connectivity index (χ3v) is 4.22. The van der Waals surface area contributed by atoms with Gasteiger partial charge in [0.2, 0.25) is 0 Å². The summed E-state index contributed by atoms with van der Waals surface area (Å²) >= 11 is 0. The molecule has 0 saturated carbocycles. The topological polar surface area (TPSA) is 35.5 Å². The number of esters is 1. The van der Waals surface area contributed by atoms with Crippen LogP contribution in [0, 0.1) is 17.7 Å². The average Bonchev–Trinajstić information content (AvgIpc) is 2.47. The standard InChI is InChI=1S/C18H23FO3/c1-5-21-18(20)16-10-15(11(2)3)17(22-12(16)4)13-6-8-14(19)9-7-13/h6-9,12,15-17H,2,5,10H2,1,3-4H3/t12-,15+,16+,17+/m1/s1. The fraction of sp³-hybridized carbons (Fsp3) is 0.500. The lowest BCUT2D eigenvalue weighted by molar-refractivity contribution is -0.166. The van der Waals surface area contributed by atoms with Gasteiger partial charge in [-0.05, 0) is 44.9 Å². The second-order valence-corrected chi connectivity index (χ2v) is 5.86. The van der Waals surface area contributed by atoms with E-state index < -0.39 is 0 Å². The van der Waals surface area contributed by atoms with Crippen molar-refractivity contribution in [2.45, 2.75) is 39.4 Å². The Morgan fingerprint density at radius 1 is 1.36 bits per heavy atom. The summed E-state index contributed by atoms with van der Waals surface area (Å²) in [5.74, 6) is -0.780. The Balaban J connectivity index is 2.23. The molecule has 1 aromatic carbocycles. The average molecular weight is 306 g/mol. The van der Waals surface area contributed by atoms with E-state index in [1.54, 1.807) is 19.1 Å². The molecule has 120 valence electrons. The second-order valence-electron chi connectivity index (χ2n) is 5.86. The summed E-state index contributed by atoms with van der Waals surface area (Å²) in [6, 6.07) is 6.31. The Bertz CT molecular complexity index is 538. The fourth-order valence-electron chi connectivity index (χ4n) is 2.97. The monoisotopic (exact) mass is 306 g/mol. The van der Waals surface area contributed by atoms with Crippen molar-refractivity contribution in [3.05, 3.63) is 47.8 Å². The lowest BCUT2D eigenvalue weighted by Crippen LogP contribution is -2.40. The van der Waals surface area contributed by atoms with E-state index in [1.165, 1.54) is 12.1 Å². The molecule has 1 aromatic rings. The lowest BCUT2D eigenvalue weighted by Gasteiger charge is -2.40. The van der Waals surface area contributed by atoms with Gasteiger partial charge in [-0.15, -0.1) is 0 Å². The van der Waals surface area contributed by atoms with Gasteiger partial charge in [0, 0.05) is 5.92 Å². The van der Waals surface area contributed by atoms with Gasteiger partial charge in [-0.25, -0.2) is 4.39 Å². The van der Waals surface area contributed by atoms with Gasteiger partial charge in [-0.1, -0.05) is 24.3 Å². The molecule has 0 amide bonds. The molecule has 4 atom stereocenters. The van der Waals surface area contributed by atoms with Crippen molar-refractivity contribution in [1.82, 2.24) is 0 Å². The van der Waals surface area contributed by atoms with Crippen LogP contribution in [0.15, 0.2) is 36.4 Å². The lowest BCUT2D eigenvalue weighted by atomic mass is 9.78. The predicted octanol–water partition coefficient (Wildman–Crippen LogP) is 4.05. The van der Waals surface area contributed by atoms with Crippen molar-refractivity contribution < 1.29 is 18.7 Å². The zero-order valence-electron chi connectivity index (χ0n) is 13.3. The van der Waals surface area contributed by atoms with Gasteiger partial charge in [0.1, 0.15) is 5.82 Å². The van der Waals surface area contributed by atoms with Crippen LogP contribution in [0.25, 0.3) is 0 Å². The summed E-state index contributed by atoms with van der Waals surface area (Å²) in [6.07, 6.45) is 0.181. The van der Waals surface area contributed by atoms with Crippen molar-refractivity contribution >= 4 is 5.97 Å². The SMILES string of the molecule is C=C(C)[C@@H]1C[C@H](C(=O)OCC)[C@@H](C)O[C@H]1c1ccc(F)cc1. The smallest absolute Gasteiger partial charge is 0.311 e. The number of hydrogen-bond acceptors (Lipinski definition) is 3. The minimum Gasteiger partial charge on any atom is -0.466 e. The quantitative estimate of drug-likeness (QED) is 0.622. The maximum absolute atomic E-state index is 13.1. The first-order chi connectivity index (χ1) is 10.4. The van der Waals surface area contributed by atoms with Gasteiger partial charge in [-0.2, -0.15) is 0 Å². The van der Waals surface area contributed by atoms with E-state index in [4.69, 9.17) is 9.47 Å². The molecule has 1 aliphatic rings. The highest BCUT2D eigenvalue weighted by atomic mass is 19.1. The Labute approximate surface area is 131 Å². The van der Waals surface area contributed by atoms with Crippen LogP contribution < -0.4 is 0 Å². The first kappa shape index (κ1) is 16.7. The van der Waals surface area contributed by atoms with Gasteiger partial charge in [-0.3, -0.25) is 4.79 Å². The van der Waals surface area contributed by atoms with Crippen molar-refractivity contribution in [1.29, 1.82) is 0 Å². The third-order valence-electron chi connectivity index (χ3n) is 4.22. The maximum atomic E-state index is 13.1. The van der Waals surface area contributed by atoms with Crippen LogP contribution in [0.4, 0.5) is 4.39 Å². The Hall–Kier alpha value is -1.68. The molecule has 0 aromatic heterocycles. The zero-order valence-corrected chi connectivity index (χ0v) is 13.3. The Kier molecular flexibility index (Phi) is 5.35. The van der Waals surface area contributed by atoms with E-state index in [0.29, 0.717) is 13.0 Å². The molecule has 0 N–H and O–H groups in total. The van der Waals surface area contributed by atoms with E-state index >= 15 is 0 Å². The highest BCUT2D eigenvalue weighted by molar-refractivity contribution is 5.73. The van der Waals surface area contributed by atoms with Crippen molar-refractivity contribution in [2.75, 3.05) is 6.61 Å². The molecule has 3 nitrogen and oxygen atoms in total. The molecule has 1 saturated heterocycles. The Morgan fingerprint density at radius 3 is 2.55 bits per heavy atom. The fourth-order valence-corrected chi connectivity index (χ4v) is 2.97. The number of carbonyl (C=O) groups excluding carboxylic acids is 1. The summed E-state index contributed by atoms with van der Waals surface area (Å²) < 4.78 is 24.3. The van der Waals surface area contributed by atoms with Gasteiger partial charge < -0.3 is 9.47 Å². The van der Waals surface area contributed by atoms with Crippen LogP contribution in [0.5, 0.6) is 0 Å². The molecule has 1 aliphatic heterocycles. The van der Waals surface area contributed by atoms with E-state index in [0.717, 1.165) is 11.1 Å². The molecule has 4 heteroatoms. The normalized spacial score (nSPS) is 28.2. The van der Waals surface area contributed by atoms with Crippen molar-refractivity contribution in [3.8, 4) is 0 Å². The van der Waals surface area contributed by atoms with E-state index in [2.05, 4.69) is 6.58 Å². The van der Waals surface area contributed by atoms with Gasteiger partial charge >= 0.3 is 5.97 Å². The number of hydrogen-bond donors (Lipinski definition) is 0. The number of benzene rings is 1. The van der Waals surface area contributed by atoms with Crippen LogP contribution in [-0.4, -0.2) is 18.7 Å². The number of ether oxygens (including phenoxy) is 2. The second kappa shape index (κ2) is 7.05. The first-order valence-electron chi connectivity index (χ1n) is 7.67. The Morgan fingerprint density at radius 2 is 2.00 bits per heavy atom. The molecule has 1 fully saturated rings. The molecule has 0 spiro atoms. The molecule has 0 aliphatic carbocycles. The van der Waals surface area contributed by atoms with Crippen molar-refractivity contribution in [2.24, 2.45) is 11.8 Å². The zero-order chi connectivity index (χ0) is 16.3. The van der Waals surface area contributed by atoms with Crippen LogP contribution in [0.3, 0.4) is 0 Å². The molecule has 0 radical (unpaired) electrons. The molecular weight excluding hydrogens is 283 g/mol. The summed E-state index contributed by atoms with van der Waals surface area (Å²) in [4.78, 5) is 12.1. The predicted molar refractivity (Wildman–Crippen MR) is 82.7 cm³/mol. The number of halogens is 1. The summed E-state index contributed by atoms with van der Waals surface area (Å²) in [5, 5.41) is 0. The van der Waals surface area contributed by atoms with Gasteiger partial charge in [0.05, 0.1) is 24.7 Å². The third kappa shape index (κ3) is 3.55. The van der Waals surface area contributed by atoms with E-state index in [9.17, 15) is 9.18 Å². The molecule has 22 heavy (non-hydrogen) atoms. The highest BCUT2D eigenvalue weighted by Gasteiger charge is 2.41. The van der Waals surface area contributed by atoms with Crippen LogP contribution in [0.1, 0.15) is 38.9 Å². The molecule has 1 heterocycles. The molecule has 2 rings (SSSR count). The maximum Gasteiger partial charge on any atom is 0.311 e. The van der Waals surface area contributed by atoms with E-state index in [-0.39, 0.29) is 35.8 Å². The summed E-state index contributed by atoms with van der Waals surface area (Å²) in [7, 11) is 0. The number of carbonyl (C=O) groups is 1. The first-order valence-corrected chi connectivity index (χ1v) is 7.67. The van der Waals surface area contributed by atoms with Gasteiger partial charge in [0.15, 0.2) is 0 Å². The van der Waals surface area contributed by atoms with Crippen LogP contribution >= 0.6 is 0 Å². The summed E-state index contributed by atoms with van der Waals surface area (Å²) in [5.41, 5.74) is 1.86. The number of rotatable bonds is 4. The van der Waals surface area contributed by atoms with Crippen molar-refractivity contribution in [3.63, 3.8) is 0 Å². The van der Waals surface area contributed by atoms with Crippen LogP contribution in [0.2, 0.25) is 0 Å². The van der Waals surface area contributed by atoms with Crippen LogP contribution in [-0.2, 0) is 14.3 Å². The summed E-state index contributed by atoms with van der Waals surface area (Å²) in [6.45, 7) is 10.0. The van der Waals surface area contributed by atoms with Gasteiger partial charge in [0.25, 0.3) is 0 Å². The van der Waals surface area contributed by atoms with E-state index in [1.807, 2.05) is 13.8 Å². The molecule has 0 unspecified atom stereocenters. The largest absolute Gasteiger partial charge is 0.466 e. The minimum atomic E-state index is -0.293. The highest BCUT2D eigenvalue weighted by Crippen LogP contribution is 2.42. The molecular formula is C18H23FO3. The minimum absolute atomic E-state index is 0.0102.